The van der Waals surface area contributed by atoms with Crippen molar-refractivity contribution in [1.29, 1.82) is 0 Å². The molecule has 6 heteroatoms. The Bertz CT molecular complexity index is 438. The van der Waals surface area contributed by atoms with Crippen LogP contribution >= 0.6 is 22.9 Å². The second-order valence-electron chi connectivity index (χ2n) is 4.74. The Kier molecular flexibility index (Phi) is 3.56. The molecule has 1 aromatic rings. The van der Waals surface area contributed by atoms with Crippen LogP contribution in [-0.4, -0.2) is 61.0 Å². The standard InChI is InChI=1S/C12H16ClN3OS/c13-11-2-1-10(18-11)12(17)16-5-3-15(4-6-16)9-7-14-8-9/h1-2,9,14H,3-8H2. The topological polar surface area (TPSA) is 35.6 Å². The first-order valence-corrected chi connectivity index (χ1v) is 7.43. The SMILES string of the molecule is O=C(c1ccc(Cl)s1)N1CCN(C2CNC2)CC1. The number of nitrogens with zero attached hydrogens (tertiary/aromatic N) is 2. The van der Waals surface area contributed by atoms with Gasteiger partial charge in [0.25, 0.3) is 5.91 Å². The lowest BCUT2D eigenvalue weighted by Gasteiger charge is -2.43. The molecule has 1 N–H and O–H groups in total. The van der Waals surface area contributed by atoms with Gasteiger partial charge in [0.05, 0.1) is 9.21 Å². The van der Waals surface area contributed by atoms with E-state index in [-0.39, 0.29) is 5.91 Å². The minimum absolute atomic E-state index is 0.123. The molecule has 1 amide bonds. The molecule has 0 saturated carbocycles. The molecule has 0 unspecified atom stereocenters. The molecule has 98 valence electrons. The molecule has 0 aliphatic carbocycles. The van der Waals surface area contributed by atoms with E-state index in [1.54, 1.807) is 6.07 Å². The van der Waals surface area contributed by atoms with Gasteiger partial charge in [-0.1, -0.05) is 11.6 Å². The van der Waals surface area contributed by atoms with Gasteiger partial charge in [0.2, 0.25) is 0 Å². The first kappa shape index (κ1) is 12.4. The van der Waals surface area contributed by atoms with Crippen molar-refractivity contribution >= 4 is 28.8 Å². The molecular formula is C12H16ClN3OS. The molecule has 4 nitrogen and oxygen atoms in total. The Morgan fingerprint density at radius 2 is 2.00 bits per heavy atom. The van der Waals surface area contributed by atoms with Gasteiger partial charge in [-0.3, -0.25) is 9.69 Å². The van der Waals surface area contributed by atoms with Crippen LogP contribution in [0.25, 0.3) is 0 Å². The number of hydrogen-bond donors (Lipinski definition) is 1. The fraction of sp³-hybridized carbons (Fsp3) is 0.583. The van der Waals surface area contributed by atoms with E-state index in [2.05, 4.69) is 10.2 Å². The number of thiophene rings is 1. The van der Waals surface area contributed by atoms with E-state index in [0.29, 0.717) is 10.4 Å². The van der Waals surface area contributed by atoms with Crippen molar-refractivity contribution < 1.29 is 4.79 Å². The molecular weight excluding hydrogens is 270 g/mol. The van der Waals surface area contributed by atoms with Gasteiger partial charge in [0.1, 0.15) is 0 Å². The molecule has 2 fully saturated rings. The Hall–Kier alpha value is -0.620. The van der Waals surface area contributed by atoms with Gasteiger partial charge in [-0.05, 0) is 12.1 Å². The van der Waals surface area contributed by atoms with Crippen molar-refractivity contribution in [2.75, 3.05) is 39.3 Å². The van der Waals surface area contributed by atoms with Crippen molar-refractivity contribution in [3.8, 4) is 0 Å². The number of amides is 1. The van der Waals surface area contributed by atoms with Gasteiger partial charge in [-0.25, -0.2) is 0 Å². The van der Waals surface area contributed by atoms with Crippen LogP contribution < -0.4 is 5.32 Å². The van der Waals surface area contributed by atoms with Crippen LogP contribution in [0.2, 0.25) is 4.34 Å². The van der Waals surface area contributed by atoms with Gasteiger partial charge in [0, 0.05) is 45.3 Å². The maximum Gasteiger partial charge on any atom is 0.264 e. The average Bonchev–Trinajstić information content (AvgIpc) is 2.74. The molecule has 0 spiro atoms. The molecule has 1 aromatic heterocycles. The minimum Gasteiger partial charge on any atom is -0.335 e. The quantitative estimate of drug-likeness (QED) is 0.885. The lowest BCUT2D eigenvalue weighted by Crippen LogP contribution is -2.62. The van der Waals surface area contributed by atoms with Crippen LogP contribution in [0.4, 0.5) is 0 Å². The minimum atomic E-state index is 0.123. The lowest BCUT2D eigenvalue weighted by atomic mass is 10.1. The number of nitrogens with one attached hydrogen (secondary N) is 1. The summed E-state index contributed by atoms with van der Waals surface area (Å²) in [6.07, 6.45) is 0. The number of piperazine rings is 1. The van der Waals surface area contributed by atoms with Crippen LogP contribution in [0.3, 0.4) is 0 Å². The second kappa shape index (κ2) is 5.17. The summed E-state index contributed by atoms with van der Waals surface area (Å²) < 4.78 is 0.678. The Morgan fingerprint density at radius 3 is 2.50 bits per heavy atom. The van der Waals surface area contributed by atoms with Crippen molar-refractivity contribution in [3.05, 3.63) is 21.3 Å². The molecule has 2 aliphatic heterocycles. The molecule has 0 atom stereocenters. The van der Waals surface area contributed by atoms with Crippen molar-refractivity contribution in [2.45, 2.75) is 6.04 Å². The zero-order chi connectivity index (χ0) is 12.5. The van der Waals surface area contributed by atoms with E-state index in [1.807, 2.05) is 11.0 Å². The van der Waals surface area contributed by atoms with Crippen LogP contribution in [0, 0.1) is 0 Å². The Labute approximate surface area is 116 Å². The average molecular weight is 286 g/mol. The highest BCUT2D eigenvalue weighted by Gasteiger charge is 2.29. The highest BCUT2D eigenvalue weighted by atomic mass is 35.5. The third-order valence-corrected chi connectivity index (χ3v) is 4.88. The number of carbonyl (C=O) groups is 1. The van der Waals surface area contributed by atoms with Crippen LogP contribution in [0.1, 0.15) is 9.67 Å². The number of hydrogen-bond acceptors (Lipinski definition) is 4. The summed E-state index contributed by atoms with van der Waals surface area (Å²) in [7, 11) is 0. The first-order valence-electron chi connectivity index (χ1n) is 6.23. The van der Waals surface area contributed by atoms with E-state index in [4.69, 9.17) is 11.6 Å². The third-order valence-electron chi connectivity index (χ3n) is 3.66. The number of halogens is 1. The van der Waals surface area contributed by atoms with Gasteiger partial charge in [0.15, 0.2) is 0 Å². The zero-order valence-corrected chi connectivity index (χ0v) is 11.6. The summed E-state index contributed by atoms with van der Waals surface area (Å²) in [6.45, 7) is 5.80. The predicted molar refractivity (Wildman–Crippen MR) is 73.5 cm³/mol. The summed E-state index contributed by atoms with van der Waals surface area (Å²) in [5.74, 6) is 0.123. The van der Waals surface area contributed by atoms with Gasteiger partial charge in [-0.2, -0.15) is 0 Å². The molecule has 18 heavy (non-hydrogen) atoms. The maximum atomic E-state index is 12.2. The van der Waals surface area contributed by atoms with Crippen LogP contribution in [0.5, 0.6) is 0 Å². The molecule has 0 radical (unpaired) electrons. The van der Waals surface area contributed by atoms with Gasteiger partial charge >= 0.3 is 0 Å². The monoisotopic (exact) mass is 285 g/mol. The summed E-state index contributed by atoms with van der Waals surface area (Å²) in [4.78, 5) is 17.4. The van der Waals surface area contributed by atoms with Gasteiger partial charge < -0.3 is 10.2 Å². The van der Waals surface area contributed by atoms with E-state index in [0.717, 1.165) is 44.1 Å². The predicted octanol–water partition coefficient (Wildman–Crippen LogP) is 1.13. The van der Waals surface area contributed by atoms with Crippen molar-refractivity contribution in [2.24, 2.45) is 0 Å². The van der Waals surface area contributed by atoms with Crippen molar-refractivity contribution in [1.82, 2.24) is 15.1 Å². The highest BCUT2D eigenvalue weighted by Crippen LogP contribution is 2.23. The molecule has 3 rings (SSSR count). The smallest absolute Gasteiger partial charge is 0.264 e. The Morgan fingerprint density at radius 1 is 1.28 bits per heavy atom. The molecule has 0 bridgehead atoms. The first-order chi connectivity index (χ1) is 8.74. The maximum absolute atomic E-state index is 12.2. The summed E-state index contributed by atoms with van der Waals surface area (Å²) >= 11 is 7.23. The normalized spacial score (nSPS) is 21.9. The van der Waals surface area contributed by atoms with Crippen LogP contribution in [0.15, 0.2) is 12.1 Å². The molecule has 3 heterocycles. The zero-order valence-electron chi connectivity index (χ0n) is 10.1. The fourth-order valence-corrected chi connectivity index (χ4v) is 3.42. The molecule has 2 aliphatic rings. The van der Waals surface area contributed by atoms with E-state index in [1.165, 1.54) is 11.3 Å². The molecule has 2 saturated heterocycles. The summed E-state index contributed by atoms with van der Waals surface area (Å²) in [5, 5.41) is 3.29. The number of carbonyl (C=O) groups excluding carboxylic acids is 1. The third kappa shape index (κ3) is 2.40. The highest BCUT2D eigenvalue weighted by molar-refractivity contribution is 7.17. The van der Waals surface area contributed by atoms with E-state index >= 15 is 0 Å². The largest absolute Gasteiger partial charge is 0.335 e. The molecule has 0 aromatic carbocycles. The van der Waals surface area contributed by atoms with Crippen LogP contribution in [-0.2, 0) is 0 Å². The second-order valence-corrected chi connectivity index (χ2v) is 6.46. The fourth-order valence-electron chi connectivity index (χ4n) is 2.41. The summed E-state index contributed by atoms with van der Waals surface area (Å²) in [6, 6.07) is 4.28. The summed E-state index contributed by atoms with van der Waals surface area (Å²) in [5.41, 5.74) is 0. The Balaban J connectivity index is 1.57. The van der Waals surface area contributed by atoms with E-state index in [9.17, 15) is 4.79 Å². The van der Waals surface area contributed by atoms with Crippen molar-refractivity contribution in [3.63, 3.8) is 0 Å². The number of rotatable bonds is 2. The van der Waals surface area contributed by atoms with Gasteiger partial charge in [-0.15, -0.1) is 11.3 Å². The van der Waals surface area contributed by atoms with E-state index < -0.39 is 0 Å². The lowest BCUT2D eigenvalue weighted by molar-refractivity contribution is 0.0506.